The molecule has 0 saturated carbocycles. The zero-order valence-electron chi connectivity index (χ0n) is 15.8. The largest absolute Gasteiger partial charge is 0.472 e. The maximum absolute atomic E-state index is 13.8. The van der Waals surface area contributed by atoms with Crippen molar-refractivity contribution in [1.82, 2.24) is 10.2 Å². The first-order valence-electron chi connectivity index (χ1n) is 8.94. The molecule has 3 rings (SSSR count). The van der Waals surface area contributed by atoms with Crippen molar-refractivity contribution in [2.75, 3.05) is 12.3 Å². The smallest absolute Gasteiger partial charge is 0.253 e. The van der Waals surface area contributed by atoms with Crippen LogP contribution in [0.5, 0.6) is 0 Å². The maximum atomic E-state index is 13.8. The van der Waals surface area contributed by atoms with Crippen molar-refractivity contribution in [1.29, 1.82) is 0 Å². The van der Waals surface area contributed by atoms with Crippen LogP contribution < -0.4 is 11.1 Å². The van der Waals surface area contributed by atoms with E-state index in [-0.39, 0.29) is 49.2 Å². The first kappa shape index (κ1) is 24.1. The van der Waals surface area contributed by atoms with Crippen molar-refractivity contribution >= 4 is 36.0 Å². The predicted octanol–water partition coefficient (Wildman–Crippen LogP) is 2.60. The molecule has 0 spiro atoms. The lowest BCUT2D eigenvalue weighted by atomic mass is 10.0. The van der Waals surface area contributed by atoms with Gasteiger partial charge in [-0.25, -0.2) is 13.2 Å². The van der Waals surface area contributed by atoms with E-state index < -0.39 is 28.9 Å². The Bertz CT molecular complexity index is 885. The topological polar surface area (TPSA) is 88.6 Å². The number of amides is 2. The molecule has 1 aliphatic rings. The van der Waals surface area contributed by atoms with Crippen LogP contribution in [0, 0.1) is 17.5 Å². The lowest BCUT2D eigenvalue weighted by Gasteiger charge is -2.24. The predicted molar refractivity (Wildman–Crippen MR) is 108 cm³/mol. The maximum Gasteiger partial charge on any atom is 0.253 e. The Kier molecular flexibility index (Phi) is 8.63. The van der Waals surface area contributed by atoms with Gasteiger partial charge in [-0.1, -0.05) is 0 Å². The summed E-state index contributed by atoms with van der Waals surface area (Å²) in [6.45, 7) is 0.670. The van der Waals surface area contributed by atoms with E-state index in [2.05, 4.69) is 5.32 Å². The van der Waals surface area contributed by atoms with Crippen LogP contribution >= 0.6 is 24.2 Å². The fourth-order valence-corrected chi connectivity index (χ4v) is 4.19. The van der Waals surface area contributed by atoms with E-state index in [1.165, 1.54) is 29.2 Å². The van der Waals surface area contributed by atoms with Crippen molar-refractivity contribution in [3.8, 4) is 0 Å². The Morgan fingerprint density at radius 3 is 2.70 bits per heavy atom. The highest BCUT2D eigenvalue weighted by atomic mass is 35.5. The van der Waals surface area contributed by atoms with Gasteiger partial charge in [0.15, 0.2) is 17.0 Å². The number of furan rings is 1. The highest BCUT2D eigenvalue weighted by molar-refractivity contribution is 8.00. The Morgan fingerprint density at radius 1 is 1.27 bits per heavy atom. The monoisotopic (exact) mass is 463 g/mol. The molecule has 1 aliphatic heterocycles. The summed E-state index contributed by atoms with van der Waals surface area (Å²) in [4.78, 5) is 26.5. The summed E-state index contributed by atoms with van der Waals surface area (Å²) >= 11 is 1.34. The van der Waals surface area contributed by atoms with E-state index in [1.807, 2.05) is 0 Å². The van der Waals surface area contributed by atoms with Crippen molar-refractivity contribution in [3.63, 3.8) is 0 Å². The van der Waals surface area contributed by atoms with Gasteiger partial charge in [0.25, 0.3) is 5.91 Å². The minimum absolute atomic E-state index is 0. The van der Waals surface area contributed by atoms with Gasteiger partial charge in [0, 0.05) is 42.9 Å². The summed E-state index contributed by atoms with van der Waals surface area (Å²) in [6, 6.07) is 2.12. The van der Waals surface area contributed by atoms with Crippen LogP contribution in [0.15, 0.2) is 35.1 Å². The Morgan fingerprint density at radius 2 is 2.00 bits per heavy atom. The third-order valence-electron chi connectivity index (χ3n) is 4.49. The average Bonchev–Trinajstić information content (AvgIpc) is 3.35. The molecule has 2 heterocycles. The van der Waals surface area contributed by atoms with Crippen LogP contribution in [0.4, 0.5) is 13.2 Å². The fourth-order valence-electron chi connectivity index (χ4n) is 3.03. The minimum atomic E-state index is -1.28. The van der Waals surface area contributed by atoms with E-state index in [0.717, 1.165) is 11.6 Å². The van der Waals surface area contributed by atoms with Crippen LogP contribution in [0.3, 0.4) is 0 Å². The minimum Gasteiger partial charge on any atom is -0.472 e. The number of hydrogen-bond donors (Lipinski definition) is 2. The van der Waals surface area contributed by atoms with Gasteiger partial charge in [-0.3, -0.25) is 9.59 Å². The number of carbonyl (C=O) groups is 2. The van der Waals surface area contributed by atoms with E-state index in [1.54, 1.807) is 6.07 Å². The average molecular weight is 464 g/mol. The van der Waals surface area contributed by atoms with E-state index in [0.29, 0.717) is 18.4 Å². The normalized spacial score (nSPS) is 16.8. The van der Waals surface area contributed by atoms with Crippen LogP contribution in [-0.4, -0.2) is 40.4 Å². The first-order chi connectivity index (χ1) is 13.8. The highest BCUT2D eigenvalue weighted by Gasteiger charge is 2.35. The number of carbonyl (C=O) groups excluding carboxylic acids is 2. The lowest BCUT2D eigenvalue weighted by molar-refractivity contribution is -0.136. The molecule has 2 amide bonds. The molecular formula is C19H21ClF3N3O3S. The second kappa shape index (κ2) is 10.7. The number of nitrogens with two attached hydrogens (primary N) is 1. The van der Waals surface area contributed by atoms with Gasteiger partial charge in [0.05, 0.1) is 12.5 Å². The number of nitrogens with one attached hydrogen (secondary N) is 1. The van der Waals surface area contributed by atoms with Gasteiger partial charge in [0.2, 0.25) is 5.91 Å². The molecule has 1 fully saturated rings. The lowest BCUT2D eigenvalue weighted by Crippen LogP contribution is -2.46. The van der Waals surface area contributed by atoms with Gasteiger partial charge in [0.1, 0.15) is 5.82 Å². The molecule has 0 bridgehead atoms. The molecule has 1 aromatic carbocycles. The standard InChI is InChI=1S/C19H20F3N3O3S.ClH/c20-14-8-16(22)15(21)6-12(14)5-13(23)7-17(26)25-2-4-29-19(25)18(27)24-9-11-1-3-28-10-11;/h1,3,6,8,10,13,19H,2,4-5,7,9,23H2,(H,24,27);1H/t13-,19?;/m1./s1. The quantitative estimate of drug-likeness (QED) is 0.616. The molecule has 3 N–H and O–H groups in total. The zero-order valence-corrected chi connectivity index (χ0v) is 17.4. The van der Waals surface area contributed by atoms with E-state index >= 15 is 0 Å². The first-order valence-corrected chi connectivity index (χ1v) is 9.99. The number of nitrogens with zero attached hydrogens (tertiary/aromatic N) is 1. The molecule has 1 saturated heterocycles. The van der Waals surface area contributed by atoms with Crippen molar-refractivity contribution in [2.45, 2.75) is 30.8 Å². The zero-order chi connectivity index (χ0) is 21.0. The highest BCUT2D eigenvalue weighted by Crippen LogP contribution is 2.25. The Labute approximate surface area is 181 Å². The molecule has 0 aliphatic carbocycles. The van der Waals surface area contributed by atoms with Gasteiger partial charge >= 0.3 is 0 Å². The second-order valence-electron chi connectivity index (χ2n) is 6.69. The number of rotatable bonds is 7. The fraction of sp³-hybridized carbons (Fsp3) is 0.368. The van der Waals surface area contributed by atoms with E-state index in [9.17, 15) is 22.8 Å². The summed E-state index contributed by atoms with van der Waals surface area (Å²) in [5.74, 6) is -3.43. The molecule has 2 atom stereocenters. The molecular weight excluding hydrogens is 443 g/mol. The molecule has 0 radical (unpaired) electrons. The molecule has 2 aromatic rings. The second-order valence-corrected chi connectivity index (χ2v) is 7.87. The third kappa shape index (κ3) is 5.93. The number of halogens is 4. The summed E-state index contributed by atoms with van der Waals surface area (Å²) in [5.41, 5.74) is 6.63. The van der Waals surface area contributed by atoms with Crippen molar-refractivity contribution in [3.05, 3.63) is 59.3 Å². The van der Waals surface area contributed by atoms with Gasteiger partial charge in [-0.15, -0.1) is 24.2 Å². The molecule has 164 valence electrons. The Hall–Kier alpha value is -2.17. The van der Waals surface area contributed by atoms with Gasteiger partial charge in [-0.05, 0) is 24.1 Å². The van der Waals surface area contributed by atoms with Crippen LogP contribution in [0.1, 0.15) is 17.5 Å². The van der Waals surface area contributed by atoms with Crippen molar-refractivity contribution < 1.29 is 27.2 Å². The summed E-state index contributed by atoms with van der Waals surface area (Å²) in [7, 11) is 0. The summed E-state index contributed by atoms with van der Waals surface area (Å²) in [5, 5.41) is 2.07. The molecule has 1 aromatic heterocycles. The molecule has 6 nitrogen and oxygen atoms in total. The number of benzene rings is 1. The van der Waals surface area contributed by atoms with Crippen LogP contribution in [0.2, 0.25) is 0 Å². The van der Waals surface area contributed by atoms with Crippen molar-refractivity contribution in [2.24, 2.45) is 5.73 Å². The molecule has 30 heavy (non-hydrogen) atoms. The number of thioether (sulfide) groups is 1. The van der Waals surface area contributed by atoms with Gasteiger partial charge < -0.3 is 20.4 Å². The number of hydrogen-bond acceptors (Lipinski definition) is 5. The van der Waals surface area contributed by atoms with Crippen LogP contribution in [0.25, 0.3) is 0 Å². The summed E-state index contributed by atoms with van der Waals surface area (Å²) in [6.07, 6.45) is 2.73. The van der Waals surface area contributed by atoms with Crippen LogP contribution in [-0.2, 0) is 22.6 Å². The van der Waals surface area contributed by atoms with E-state index in [4.69, 9.17) is 10.2 Å². The third-order valence-corrected chi connectivity index (χ3v) is 5.69. The summed E-state index contributed by atoms with van der Waals surface area (Å²) < 4.78 is 45.1. The SMILES string of the molecule is Cl.N[C@@H](CC(=O)N1CCSC1C(=O)NCc1ccoc1)Cc1cc(F)c(F)cc1F. The van der Waals surface area contributed by atoms with Gasteiger partial charge in [-0.2, -0.15) is 0 Å². The molecule has 1 unspecified atom stereocenters. The Balaban J connectivity index is 0.00000320. The molecule has 11 heteroatoms.